The summed E-state index contributed by atoms with van der Waals surface area (Å²) >= 11 is 9.37. The number of hydroxylamine groups is 1. The molecular formula is C21H24BrClN2O4S. The van der Waals surface area contributed by atoms with Crippen molar-refractivity contribution < 1.29 is 18.4 Å². The average Bonchev–Trinajstić information content (AvgIpc) is 2.73. The number of nitrogens with zero attached hydrogens (tertiary/aromatic N) is 1. The third kappa shape index (κ3) is 5.82. The fourth-order valence-corrected chi connectivity index (χ4v) is 5.91. The molecular weight excluding hydrogens is 492 g/mol. The van der Waals surface area contributed by atoms with E-state index in [-0.39, 0.29) is 29.2 Å². The standard InChI is InChI=1S/C21H24BrClN2O4S/c22-18-3-1-2-16(12-18)14-25(30(28,29)20-10-8-19(23)9-11-20)13-15-4-6-17(7-5-15)21(26)24-27/h1-3,8-12,15,17,27H,4-7,13-14H2,(H,24,26). The van der Waals surface area contributed by atoms with Crippen LogP contribution in [0, 0.1) is 11.8 Å². The van der Waals surface area contributed by atoms with Crippen LogP contribution >= 0.6 is 27.5 Å². The van der Waals surface area contributed by atoms with Crippen molar-refractivity contribution in [3.63, 3.8) is 0 Å². The van der Waals surface area contributed by atoms with Gasteiger partial charge in [-0.1, -0.05) is 39.7 Å². The number of benzene rings is 2. The van der Waals surface area contributed by atoms with Crippen molar-refractivity contribution in [1.82, 2.24) is 9.79 Å². The van der Waals surface area contributed by atoms with Gasteiger partial charge in [0.1, 0.15) is 0 Å². The molecule has 1 saturated carbocycles. The van der Waals surface area contributed by atoms with Gasteiger partial charge in [0.15, 0.2) is 0 Å². The van der Waals surface area contributed by atoms with Crippen LogP contribution in [0.2, 0.25) is 5.02 Å². The number of carbonyl (C=O) groups excluding carboxylic acids is 1. The Hall–Kier alpha value is -1.45. The van der Waals surface area contributed by atoms with E-state index >= 15 is 0 Å². The number of hydrogen-bond acceptors (Lipinski definition) is 4. The molecule has 30 heavy (non-hydrogen) atoms. The fourth-order valence-electron chi connectivity index (χ4n) is 3.83. The van der Waals surface area contributed by atoms with Crippen molar-refractivity contribution in [2.75, 3.05) is 6.54 Å². The second-order valence-electron chi connectivity index (χ2n) is 7.58. The number of carbonyl (C=O) groups is 1. The Morgan fingerprint density at radius 2 is 1.80 bits per heavy atom. The largest absolute Gasteiger partial charge is 0.289 e. The molecule has 6 nitrogen and oxygen atoms in total. The Kier molecular flexibility index (Phi) is 7.92. The van der Waals surface area contributed by atoms with Gasteiger partial charge in [0.2, 0.25) is 15.9 Å². The Labute approximate surface area is 190 Å². The molecule has 0 saturated heterocycles. The summed E-state index contributed by atoms with van der Waals surface area (Å²) in [6.45, 7) is 0.617. The Morgan fingerprint density at radius 3 is 2.40 bits per heavy atom. The second kappa shape index (κ2) is 10.2. The van der Waals surface area contributed by atoms with Crippen LogP contribution in [0.4, 0.5) is 0 Å². The van der Waals surface area contributed by atoms with Crippen molar-refractivity contribution in [3.05, 3.63) is 63.6 Å². The predicted molar refractivity (Wildman–Crippen MR) is 119 cm³/mol. The molecule has 1 aliphatic carbocycles. The normalized spacial score (nSPS) is 19.6. The summed E-state index contributed by atoms with van der Waals surface area (Å²) < 4.78 is 29.2. The third-order valence-corrected chi connectivity index (χ3v) is 8.06. The Balaban J connectivity index is 1.81. The summed E-state index contributed by atoms with van der Waals surface area (Å²) in [5, 5.41) is 9.32. The smallest absolute Gasteiger partial charge is 0.246 e. The lowest BCUT2D eigenvalue weighted by atomic mass is 9.81. The maximum atomic E-state index is 13.4. The molecule has 9 heteroatoms. The van der Waals surface area contributed by atoms with Crippen LogP contribution in [0.15, 0.2) is 57.9 Å². The summed E-state index contributed by atoms with van der Waals surface area (Å²) in [7, 11) is -3.72. The zero-order valence-corrected chi connectivity index (χ0v) is 19.5. The minimum Gasteiger partial charge on any atom is -0.289 e. The average molecular weight is 516 g/mol. The van der Waals surface area contributed by atoms with Gasteiger partial charge in [0.05, 0.1) is 4.90 Å². The first-order chi connectivity index (χ1) is 14.3. The van der Waals surface area contributed by atoms with Crippen LogP contribution < -0.4 is 5.48 Å². The van der Waals surface area contributed by atoms with Crippen LogP contribution in [-0.2, 0) is 21.4 Å². The highest BCUT2D eigenvalue weighted by Crippen LogP contribution is 2.31. The molecule has 2 aromatic carbocycles. The SMILES string of the molecule is O=C(NO)C1CCC(CN(Cc2cccc(Br)c2)S(=O)(=O)c2ccc(Cl)cc2)CC1. The molecule has 0 unspecified atom stereocenters. The highest BCUT2D eigenvalue weighted by molar-refractivity contribution is 9.10. The van der Waals surface area contributed by atoms with Crippen molar-refractivity contribution in [3.8, 4) is 0 Å². The molecule has 0 spiro atoms. The fraction of sp³-hybridized carbons (Fsp3) is 0.381. The molecule has 2 N–H and O–H groups in total. The lowest BCUT2D eigenvalue weighted by Crippen LogP contribution is -2.38. The molecule has 1 fully saturated rings. The van der Waals surface area contributed by atoms with E-state index in [0.717, 1.165) is 22.9 Å². The van der Waals surface area contributed by atoms with E-state index in [0.29, 0.717) is 24.4 Å². The number of halogens is 2. The minimum absolute atomic E-state index is 0.141. The van der Waals surface area contributed by atoms with Gasteiger partial charge in [0.25, 0.3) is 0 Å². The van der Waals surface area contributed by atoms with Gasteiger partial charge < -0.3 is 0 Å². The quantitative estimate of drug-likeness (QED) is 0.417. The zero-order chi connectivity index (χ0) is 21.7. The molecule has 2 aromatic rings. The highest BCUT2D eigenvalue weighted by atomic mass is 79.9. The van der Waals surface area contributed by atoms with Gasteiger partial charge in [-0.3, -0.25) is 10.0 Å². The predicted octanol–water partition coefficient (Wildman–Crippen LogP) is 4.61. The van der Waals surface area contributed by atoms with Crippen LogP contribution in [0.3, 0.4) is 0 Å². The van der Waals surface area contributed by atoms with Crippen LogP contribution in [0.25, 0.3) is 0 Å². The van der Waals surface area contributed by atoms with Crippen molar-refractivity contribution in [2.45, 2.75) is 37.1 Å². The summed E-state index contributed by atoms with van der Waals surface area (Å²) in [5.41, 5.74) is 2.60. The van der Waals surface area contributed by atoms with Gasteiger partial charge >= 0.3 is 0 Å². The number of sulfonamides is 1. The molecule has 0 radical (unpaired) electrons. The molecule has 0 atom stereocenters. The lowest BCUT2D eigenvalue weighted by Gasteiger charge is -2.31. The molecule has 0 aromatic heterocycles. The summed E-state index contributed by atoms with van der Waals surface area (Å²) in [6, 6.07) is 13.8. The topological polar surface area (TPSA) is 86.7 Å². The Bertz CT molecular complexity index is 977. The minimum atomic E-state index is -3.72. The molecule has 0 bridgehead atoms. The molecule has 0 heterocycles. The van der Waals surface area contributed by atoms with Gasteiger partial charge in [-0.25, -0.2) is 13.9 Å². The number of hydrogen-bond donors (Lipinski definition) is 2. The van der Waals surface area contributed by atoms with E-state index in [1.165, 1.54) is 16.4 Å². The van der Waals surface area contributed by atoms with Crippen LogP contribution in [-0.4, -0.2) is 30.4 Å². The van der Waals surface area contributed by atoms with Crippen LogP contribution in [0.5, 0.6) is 0 Å². The van der Waals surface area contributed by atoms with Gasteiger partial charge in [-0.05, 0) is 73.6 Å². The maximum absolute atomic E-state index is 13.4. The highest BCUT2D eigenvalue weighted by Gasteiger charge is 2.31. The molecule has 162 valence electrons. The summed E-state index contributed by atoms with van der Waals surface area (Å²) in [5.74, 6) is -0.451. The van der Waals surface area contributed by atoms with E-state index in [4.69, 9.17) is 16.8 Å². The van der Waals surface area contributed by atoms with E-state index in [9.17, 15) is 13.2 Å². The van der Waals surface area contributed by atoms with Crippen molar-refractivity contribution in [2.24, 2.45) is 11.8 Å². The number of nitrogens with one attached hydrogen (secondary N) is 1. The lowest BCUT2D eigenvalue weighted by molar-refractivity contribution is -0.134. The molecule has 3 rings (SSSR count). The van der Waals surface area contributed by atoms with Crippen molar-refractivity contribution >= 4 is 43.5 Å². The van der Waals surface area contributed by atoms with E-state index < -0.39 is 10.0 Å². The molecule has 0 aliphatic heterocycles. The maximum Gasteiger partial charge on any atom is 0.246 e. The summed E-state index contributed by atoms with van der Waals surface area (Å²) in [6.07, 6.45) is 2.71. The third-order valence-electron chi connectivity index (χ3n) is 5.49. The van der Waals surface area contributed by atoms with Crippen molar-refractivity contribution in [1.29, 1.82) is 0 Å². The summed E-state index contributed by atoms with van der Waals surface area (Å²) in [4.78, 5) is 11.9. The van der Waals surface area contributed by atoms with E-state index in [1.54, 1.807) is 17.6 Å². The second-order valence-corrected chi connectivity index (χ2v) is 10.9. The first-order valence-electron chi connectivity index (χ1n) is 9.73. The monoisotopic (exact) mass is 514 g/mol. The number of rotatable bonds is 7. The van der Waals surface area contributed by atoms with E-state index in [2.05, 4.69) is 15.9 Å². The molecule has 1 aliphatic rings. The van der Waals surface area contributed by atoms with Gasteiger partial charge in [-0.2, -0.15) is 4.31 Å². The van der Waals surface area contributed by atoms with E-state index in [1.807, 2.05) is 24.3 Å². The first-order valence-corrected chi connectivity index (χ1v) is 12.3. The number of amides is 1. The van der Waals surface area contributed by atoms with Gasteiger partial charge in [0, 0.05) is 28.5 Å². The first kappa shape index (κ1) is 23.2. The zero-order valence-electron chi connectivity index (χ0n) is 16.3. The molecule has 1 amide bonds. The van der Waals surface area contributed by atoms with Gasteiger partial charge in [-0.15, -0.1) is 0 Å². The Morgan fingerprint density at radius 1 is 1.13 bits per heavy atom. The van der Waals surface area contributed by atoms with Crippen LogP contribution in [0.1, 0.15) is 31.2 Å².